The summed E-state index contributed by atoms with van der Waals surface area (Å²) in [5.41, 5.74) is 1.26. The van der Waals surface area contributed by atoms with Crippen molar-refractivity contribution in [2.75, 3.05) is 13.2 Å². The van der Waals surface area contributed by atoms with E-state index in [0.29, 0.717) is 13.2 Å². The molecule has 0 fully saturated rings. The van der Waals surface area contributed by atoms with Crippen LogP contribution in [0.25, 0.3) is 10.8 Å². The van der Waals surface area contributed by atoms with Gasteiger partial charge >= 0.3 is 0 Å². The number of benzene rings is 3. The first-order valence-corrected chi connectivity index (χ1v) is 9.31. The number of carbonyl (C=O) groups is 1. The van der Waals surface area contributed by atoms with Crippen molar-refractivity contribution in [3.05, 3.63) is 72.3 Å². The first kappa shape index (κ1) is 16.0. The van der Waals surface area contributed by atoms with Crippen molar-refractivity contribution in [1.82, 2.24) is 5.32 Å². The van der Waals surface area contributed by atoms with E-state index < -0.39 is 0 Å². The van der Waals surface area contributed by atoms with E-state index >= 15 is 0 Å². The van der Waals surface area contributed by atoms with Crippen LogP contribution in [-0.2, 0) is 11.2 Å². The Kier molecular flexibility index (Phi) is 4.61. The molecule has 0 aliphatic carbocycles. The second-order valence-corrected chi connectivity index (χ2v) is 7.31. The maximum atomic E-state index is 12.3. The maximum Gasteiger partial charge on any atom is 0.233 e. The fourth-order valence-corrected chi connectivity index (χ4v) is 4.26. The molecule has 0 radical (unpaired) electrons. The first-order chi connectivity index (χ1) is 12.3. The number of thioether (sulfide) groups is 1. The first-order valence-electron chi connectivity index (χ1n) is 8.43. The zero-order valence-corrected chi connectivity index (χ0v) is 14.6. The number of ether oxygens (including phenoxy) is 1. The van der Waals surface area contributed by atoms with Crippen LogP contribution in [0.5, 0.6) is 5.75 Å². The summed E-state index contributed by atoms with van der Waals surface area (Å²) in [4.78, 5) is 13.5. The molecule has 1 aliphatic rings. The highest BCUT2D eigenvalue weighted by molar-refractivity contribution is 8.01. The number of amides is 1. The molecule has 1 atom stereocenters. The number of rotatable bonds is 5. The molecule has 3 nitrogen and oxygen atoms in total. The van der Waals surface area contributed by atoms with Crippen LogP contribution in [0.2, 0.25) is 0 Å². The van der Waals surface area contributed by atoms with Gasteiger partial charge in [0.1, 0.15) is 12.4 Å². The largest absolute Gasteiger partial charge is 0.492 e. The van der Waals surface area contributed by atoms with Gasteiger partial charge in [-0.25, -0.2) is 0 Å². The van der Waals surface area contributed by atoms with Gasteiger partial charge in [0.2, 0.25) is 5.91 Å². The lowest BCUT2D eigenvalue weighted by atomic mass is 10.1. The van der Waals surface area contributed by atoms with Gasteiger partial charge in [0.25, 0.3) is 0 Å². The molecule has 25 heavy (non-hydrogen) atoms. The quantitative estimate of drug-likeness (QED) is 0.706. The van der Waals surface area contributed by atoms with E-state index in [1.54, 1.807) is 11.8 Å². The van der Waals surface area contributed by atoms with Crippen LogP contribution in [0, 0.1) is 0 Å². The van der Waals surface area contributed by atoms with Crippen LogP contribution in [0.3, 0.4) is 0 Å². The number of carbonyl (C=O) groups excluding carboxylic acids is 1. The predicted octanol–water partition coefficient (Wildman–Crippen LogP) is 4.05. The summed E-state index contributed by atoms with van der Waals surface area (Å²) in [6.45, 7) is 0.980. The maximum absolute atomic E-state index is 12.3. The highest BCUT2D eigenvalue weighted by Crippen LogP contribution is 2.36. The SMILES string of the molecule is O=C(NCCOc1ccc2ccccc2c1)[C@H]1Cc2ccccc2S1. The second kappa shape index (κ2) is 7.19. The summed E-state index contributed by atoms with van der Waals surface area (Å²) in [5, 5.41) is 5.30. The van der Waals surface area contributed by atoms with Gasteiger partial charge < -0.3 is 10.1 Å². The van der Waals surface area contributed by atoms with Crippen molar-refractivity contribution in [1.29, 1.82) is 0 Å². The summed E-state index contributed by atoms with van der Waals surface area (Å²) >= 11 is 1.65. The summed E-state index contributed by atoms with van der Waals surface area (Å²) in [6.07, 6.45) is 0.804. The molecule has 3 aromatic rings. The number of fused-ring (bicyclic) bond motifs is 2. The van der Waals surface area contributed by atoms with Crippen LogP contribution in [0.1, 0.15) is 5.56 Å². The van der Waals surface area contributed by atoms with Gasteiger partial charge in [-0.05, 0) is 41.0 Å². The number of nitrogens with one attached hydrogen (secondary N) is 1. The van der Waals surface area contributed by atoms with Crippen LogP contribution in [-0.4, -0.2) is 24.3 Å². The Morgan fingerprint density at radius 1 is 1.04 bits per heavy atom. The molecule has 0 spiro atoms. The lowest BCUT2D eigenvalue weighted by Gasteiger charge is -2.11. The summed E-state index contributed by atoms with van der Waals surface area (Å²) in [5.74, 6) is 0.916. The number of hydrogen-bond acceptors (Lipinski definition) is 3. The van der Waals surface area contributed by atoms with Crippen molar-refractivity contribution in [2.24, 2.45) is 0 Å². The molecule has 0 saturated carbocycles. The van der Waals surface area contributed by atoms with E-state index in [4.69, 9.17) is 4.74 Å². The Morgan fingerprint density at radius 2 is 1.84 bits per heavy atom. The molecule has 0 saturated heterocycles. The van der Waals surface area contributed by atoms with Gasteiger partial charge in [0, 0.05) is 4.90 Å². The molecule has 4 rings (SSSR count). The van der Waals surface area contributed by atoms with Gasteiger partial charge in [-0.1, -0.05) is 48.5 Å². The third-order valence-electron chi connectivity index (χ3n) is 4.33. The molecule has 4 heteroatoms. The van der Waals surface area contributed by atoms with E-state index in [1.807, 2.05) is 36.4 Å². The molecule has 0 bridgehead atoms. The van der Waals surface area contributed by atoms with Gasteiger partial charge in [-0.15, -0.1) is 11.8 Å². The lowest BCUT2D eigenvalue weighted by molar-refractivity contribution is -0.120. The summed E-state index contributed by atoms with van der Waals surface area (Å²) < 4.78 is 5.77. The van der Waals surface area contributed by atoms with E-state index in [0.717, 1.165) is 17.6 Å². The van der Waals surface area contributed by atoms with Gasteiger partial charge in [0.15, 0.2) is 0 Å². The van der Waals surface area contributed by atoms with Crippen LogP contribution < -0.4 is 10.1 Å². The van der Waals surface area contributed by atoms with Gasteiger partial charge in [-0.2, -0.15) is 0 Å². The van der Waals surface area contributed by atoms with Crippen molar-refractivity contribution in [2.45, 2.75) is 16.6 Å². The molecular weight excluding hydrogens is 330 g/mol. The van der Waals surface area contributed by atoms with Crippen LogP contribution in [0.15, 0.2) is 71.6 Å². The van der Waals surface area contributed by atoms with Crippen molar-refractivity contribution < 1.29 is 9.53 Å². The zero-order chi connectivity index (χ0) is 17.1. The molecule has 1 N–H and O–H groups in total. The Morgan fingerprint density at radius 3 is 2.72 bits per heavy atom. The van der Waals surface area contributed by atoms with Crippen molar-refractivity contribution in [3.8, 4) is 5.75 Å². The average Bonchev–Trinajstić information content (AvgIpc) is 3.09. The minimum Gasteiger partial charge on any atom is -0.492 e. The standard InChI is InChI=1S/C21H19NO2S/c23-21(20-14-17-7-3-4-8-19(17)25-20)22-11-12-24-18-10-9-15-5-1-2-6-16(15)13-18/h1-10,13,20H,11-12,14H2,(H,22,23)/t20-/m1/s1. The van der Waals surface area contributed by atoms with E-state index in [1.165, 1.54) is 15.8 Å². The zero-order valence-electron chi connectivity index (χ0n) is 13.8. The topological polar surface area (TPSA) is 38.3 Å². The molecule has 126 valence electrons. The molecule has 0 unspecified atom stereocenters. The fraction of sp³-hybridized carbons (Fsp3) is 0.190. The highest BCUT2D eigenvalue weighted by atomic mass is 32.2. The van der Waals surface area contributed by atoms with E-state index in [2.05, 4.69) is 35.6 Å². The summed E-state index contributed by atoms with van der Waals surface area (Å²) in [7, 11) is 0. The van der Waals surface area contributed by atoms with Crippen molar-refractivity contribution >= 4 is 28.4 Å². The van der Waals surface area contributed by atoms with E-state index in [-0.39, 0.29) is 11.2 Å². The lowest BCUT2D eigenvalue weighted by Crippen LogP contribution is -2.35. The molecule has 1 amide bonds. The summed E-state index contributed by atoms with van der Waals surface area (Å²) in [6, 6.07) is 22.5. The van der Waals surface area contributed by atoms with Crippen molar-refractivity contribution in [3.63, 3.8) is 0 Å². The van der Waals surface area contributed by atoms with E-state index in [9.17, 15) is 4.79 Å². The molecular formula is C21H19NO2S. The second-order valence-electron chi connectivity index (χ2n) is 6.07. The Bertz CT molecular complexity index is 884. The Hall–Kier alpha value is -2.46. The minimum absolute atomic E-state index is 0.0296. The normalized spacial score (nSPS) is 15.8. The Balaban J connectivity index is 1.26. The number of hydrogen-bond donors (Lipinski definition) is 1. The van der Waals surface area contributed by atoms with Gasteiger partial charge in [0.05, 0.1) is 11.8 Å². The third kappa shape index (κ3) is 3.64. The van der Waals surface area contributed by atoms with Gasteiger partial charge in [-0.3, -0.25) is 4.79 Å². The predicted molar refractivity (Wildman–Crippen MR) is 102 cm³/mol. The monoisotopic (exact) mass is 349 g/mol. The average molecular weight is 349 g/mol. The molecule has 1 aliphatic heterocycles. The highest BCUT2D eigenvalue weighted by Gasteiger charge is 2.27. The molecule has 1 heterocycles. The molecule has 3 aromatic carbocycles. The third-order valence-corrected chi connectivity index (χ3v) is 5.65. The molecule has 0 aromatic heterocycles. The van der Waals surface area contributed by atoms with Crippen LogP contribution >= 0.6 is 11.8 Å². The van der Waals surface area contributed by atoms with Crippen LogP contribution in [0.4, 0.5) is 0 Å². The minimum atomic E-state index is -0.0296. The Labute approximate surface area is 151 Å². The fourth-order valence-electron chi connectivity index (χ4n) is 3.04. The smallest absolute Gasteiger partial charge is 0.233 e.